The van der Waals surface area contributed by atoms with Crippen molar-refractivity contribution in [1.29, 1.82) is 0 Å². The van der Waals surface area contributed by atoms with Gasteiger partial charge in [-0.15, -0.1) is 0 Å². The van der Waals surface area contributed by atoms with Gasteiger partial charge in [0, 0.05) is 81.1 Å². The Labute approximate surface area is 265 Å². The molecule has 0 atom stereocenters. The van der Waals surface area contributed by atoms with Gasteiger partial charge in [-0.2, -0.15) is 4.57 Å². The van der Waals surface area contributed by atoms with Gasteiger partial charge in [-0.1, -0.05) is 75.9 Å². The van der Waals surface area contributed by atoms with Crippen LogP contribution in [0.4, 0.5) is 0 Å². The smallest absolute Gasteiger partial charge is 0.261 e. The molecule has 0 unspecified atom stereocenters. The number of nitrogens with zero attached hydrogens (tertiary/aromatic N) is 3. The second-order valence-electron chi connectivity index (χ2n) is 9.90. The Morgan fingerprint density at radius 2 is 1.45 bits per heavy atom. The van der Waals surface area contributed by atoms with E-state index in [4.69, 9.17) is 0 Å². The summed E-state index contributed by atoms with van der Waals surface area (Å²) < 4.78 is 7.12. The van der Waals surface area contributed by atoms with Gasteiger partial charge in [-0.25, -0.2) is 4.99 Å². The van der Waals surface area contributed by atoms with Crippen LogP contribution in [0.1, 0.15) is 27.5 Å². The Hall–Kier alpha value is -2.91. The van der Waals surface area contributed by atoms with E-state index < -0.39 is 0 Å². The van der Waals surface area contributed by atoms with E-state index >= 15 is 0 Å². The SMILES string of the molecule is C=CSC(/C=C/c1c(C)n(CCSSCCn2c(C)c(/C=C/c3scc[n+]3C)c3ccccc32)c2ccccc12)=[NH+]C. The first kappa shape index (κ1) is 30.5. The lowest BCUT2D eigenvalue weighted by Crippen LogP contribution is -2.66. The highest BCUT2D eigenvalue weighted by Gasteiger charge is 2.14. The predicted octanol–water partition coefficient (Wildman–Crippen LogP) is 7.35. The van der Waals surface area contributed by atoms with Gasteiger partial charge in [0.25, 0.3) is 5.01 Å². The monoisotopic (exact) mass is 630 g/mol. The molecular weight excluding hydrogens is 593 g/mol. The van der Waals surface area contributed by atoms with E-state index in [0.717, 1.165) is 29.6 Å². The van der Waals surface area contributed by atoms with Crippen LogP contribution in [0.15, 0.2) is 78.2 Å². The molecule has 0 aliphatic rings. The zero-order chi connectivity index (χ0) is 29.5. The van der Waals surface area contributed by atoms with E-state index in [1.165, 1.54) is 49.3 Å². The first-order valence-corrected chi connectivity index (χ1v) is 18.3. The molecule has 1 N–H and O–H groups in total. The number of thioether (sulfide) groups is 1. The number of nitrogens with one attached hydrogen (secondary N) is 1. The van der Waals surface area contributed by atoms with E-state index in [9.17, 15) is 0 Å². The molecule has 0 aliphatic heterocycles. The van der Waals surface area contributed by atoms with Crippen molar-refractivity contribution in [2.75, 3.05) is 18.6 Å². The Balaban J connectivity index is 1.23. The fraction of sp³-hybridized carbons (Fsp3) is 0.235. The zero-order valence-corrected chi connectivity index (χ0v) is 27.9. The number of thiazole rings is 1. The van der Waals surface area contributed by atoms with E-state index in [1.54, 1.807) is 23.1 Å². The van der Waals surface area contributed by atoms with Gasteiger partial charge >= 0.3 is 0 Å². The second kappa shape index (κ2) is 14.5. The van der Waals surface area contributed by atoms with Crippen LogP contribution < -0.4 is 9.56 Å². The molecule has 3 aromatic heterocycles. The Morgan fingerprint density at radius 3 is 1.98 bits per heavy atom. The largest absolute Gasteiger partial charge is 0.343 e. The third-order valence-electron chi connectivity index (χ3n) is 7.51. The van der Waals surface area contributed by atoms with E-state index in [-0.39, 0.29) is 0 Å². The van der Waals surface area contributed by atoms with E-state index in [1.807, 2.05) is 34.0 Å². The zero-order valence-electron chi connectivity index (χ0n) is 24.7. The maximum absolute atomic E-state index is 3.84. The van der Waals surface area contributed by atoms with Gasteiger partial charge in [-0.05, 0) is 55.3 Å². The third-order valence-corrected chi connectivity index (χ3v) is 11.6. The Kier molecular flexibility index (Phi) is 10.6. The minimum atomic E-state index is 0.989. The molecule has 2 aromatic carbocycles. The van der Waals surface area contributed by atoms with Crippen molar-refractivity contribution in [3.05, 3.63) is 106 Å². The molecule has 0 aliphatic carbocycles. The molecular formula is C34H38N4S4+2. The number of para-hydroxylation sites is 2. The summed E-state index contributed by atoms with van der Waals surface area (Å²) in [6.45, 7) is 10.3. The van der Waals surface area contributed by atoms with Crippen molar-refractivity contribution in [3.63, 3.8) is 0 Å². The van der Waals surface area contributed by atoms with Crippen LogP contribution in [0.2, 0.25) is 0 Å². The van der Waals surface area contributed by atoms with Crippen LogP contribution in [0.3, 0.4) is 0 Å². The molecule has 0 saturated heterocycles. The van der Waals surface area contributed by atoms with Crippen molar-refractivity contribution < 1.29 is 9.56 Å². The van der Waals surface area contributed by atoms with Gasteiger partial charge < -0.3 is 9.13 Å². The highest BCUT2D eigenvalue weighted by atomic mass is 33.1. The standard InChI is InChI=1S/C34H37N4S4/c1-6-39-33(35-4)17-15-27-25(2)37(31-13-9-7-11-29(27)31)20-23-41-42-24-21-38-26(3)28(30-12-8-10-14-32(30)38)16-18-34-36(5)19-22-40-34/h6-19,22H,1,20-21,23-24H2,2-5H3/q+1/p+1/b17-15+,35-33?. The van der Waals surface area contributed by atoms with Crippen LogP contribution in [0, 0.1) is 13.8 Å². The summed E-state index contributed by atoms with van der Waals surface area (Å²) >= 11 is 3.37. The topological polar surface area (TPSA) is 27.7 Å². The van der Waals surface area contributed by atoms with Gasteiger partial charge in [0.1, 0.15) is 14.1 Å². The van der Waals surface area contributed by atoms with Crippen molar-refractivity contribution in [2.24, 2.45) is 7.05 Å². The van der Waals surface area contributed by atoms with E-state index in [2.05, 4.69) is 131 Å². The first-order valence-electron chi connectivity index (χ1n) is 14.0. The summed E-state index contributed by atoms with van der Waals surface area (Å²) in [5.74, 6) is 2.13. The number of fused-ring (bicyclic) bond motifs is 2. The lowest BCUT2D eigenvalue weighted by molar-refractivity contribution is -0.668. The fourth-order valence-electron chi connectivity index (χ4n) is 5.38. The van der Waals surface area contributed by atoms with Crippen LogP contribution in [0.25, 0.3) is 40.0 Å². The maximum Gasteiger partial charge on any atom is 0.261 e. The van der Waals surface area contributed by atoms with Crippen molar-refractivity contribution in [1.82, 2.24) is 9.13 Å². The molecule has 0 spiro atoms. The number of hydrogen-bond donors (Lipinski definition) is 1. The highest BCUT2D eigenvalue weighted by Crippen LogP contribution is 2.31. The molecule has 5 rings (SSSR count). The number of benzene rings is 2. The van der Waals surface area contributed by atoms with Gasteiger partial charge in [0.2, 0.25) is 5.04 Å². The second-order valence-corrected chi connectivity index (χ2v) is 14.5. The summed E-state index contributed by atoms with van der Waals surface area (Å²) in [7, 11) is 7.99. The summed E-state index contributed by atoms with van der Waals surface area (Å²) in [5, 5.41) is 8.94. The van der Waals surface area contributed by atoms with Crippen LogP contribution in [0.5, 0.6) is 0 Å². The third kappa shape index (κ3) is 6.67. The minimum Gasteiger partial charge on any atom is -0.343 e. The molecule has 3 heterocycles. The van der Waals surface area contributed by atoms with Crippen LogP contribution in [-0.4, -0.2) is 32.7 Å². The number of rotatable bonds is 12. The number of aromatic nitrogens is 3. The predicted molar refractivity (Wildman–Crippen MR) is 191 cm³/mol. The first-order chi connectivity index (χ1) is 20.5. The number of hydrogen-bond acceptors (Lipinski definition) is 4. The molecule has 4 nitrogen and oxygen atoms in total. The molecule has 0 radical (unpaired) electrons. The average Bonchev–Trinajstić information content (AvgIpc) is 3.63. The molecule has 42 heavy (non-hydrogen) atoms. The number of aryl methyl sites for hydroxylation is 3. The van der Waals surface area contributed by atoms with Crippen LogP contribution >= 0.6 is 44.7 Å². The normalized spacial score (nSPS) is 12.5. The minimum absolute atomic E-state index is 0.989. The summed E-state index contributed by atoms with van der Waals surface area (Å²) in [6.07, 6.45) is 11.0. The molecule has 0 bridgehead atoms. The van der Waals surface area contributed by atoms with Crippen molar-refractivity contribution >= 4 is 89.8 Å². The molecule has 8 heteroatoms. The summed E-state index contributed by atoms with van der Waals surface area (Å²) in [6, 6.07) is 17.5. The van der Waals surface area contributed by atoms with E-state index in [0.29, 0.717) is 0 Å². The Bertz CT molecular complexity index is 1780. The van der Waals surface area contributed by atoms with Gasteiger partial charge in [0.05, 0.1) is 5.38 Å². The fourth-order valence-corrected chi connectivity index (χ4v) is 8.48. The van der Waals surface area contributed by atoms with Gasteiger partial charge in [0.15, 0.2) is 6.20 Å². The quantitative estimate of drug-likeness (QED) is 0.0514. The molecule has 0 amide bonds. The van der Waals surface area contributed by atoms with Crippen LogP contribution in [-0.2, 0) is 20.1 Å². The van der Waals surface area contributed by atoms with Crippen molar-refractivity contribution in [2.45, 2.75) is 26.9 Å². The lowest BCUT2D eigenvalue weighted by Gasteiger charge is -2.10. The molecule has 0 saturated carbocycles. The average molecular weight is 631 g/mol. The maximum atomic E-state index is 3.84. The highest BCUT2D eigenvalue weighted by molar-refractivity contribution is 8.76. The lowest BCUT2D eigenvalue weighted by atomic mass is 10.1. The van der Waals surface area contributed by atoms with Gasteiger partial charge in [-0.3, -0.25) is 0 Å². The van der Waals surface area contributed by atoms with Crippen molar-refractivity contribution in [3.8, 4) is 0 Å². The molecule has 216 valence electrons. The molecule has 0 fully saturated rings. The molecule has 5 aromatic rings. The Morgan fingerprint density at radius 1 is 0.881 bits per heavy atom. The summed E-state index contributed by atoms with van der Waals surface area (Å²) in [5.41, 5.74) is 7.86. The summed E-state index contributed by atoms with van der Waals surface area (Å²) in [4.78, 5) is 3.24.